The van der Waals surface area contributed by atoms with Crippen LogP contribution >= 0.6 is 46.4 Å². The zero-order chi connectivity index (χ0) is 19.7. The van der Waals surface area contributed by atoms with Gasteiger partial charge in [-0.05, 0) is 42.5 Å². The lowest BCUT2D eigenvalue weighted by molar-refractivity contribution is 0.270. The first kappa shape index (κ1) is 19.2. The molecule has 0 saturated heterocycles. The van der Waals surface area contributed by atoms with Gasteiger partial charge in [0.15, 0.2) is 5.76 Å². The van der Waals surface area contributed by atoms with Crippen LogP contribution in [0.3, 0.4) is 0 Å². The van der Waals surface area contributed by atoms with Crippen molar-refractivity contribution >= 4 is 46.4 Å². The molecule has 2 aromatic heterocycles. The van der Waals surface area contributed by atoms with Gasteiger partial charge in [-0.25, -0.2) is 0 Å². The molecule has 28 heavy (non-hydrogen) atoms. The fraction of sp³-hybridized carbons (Fsp3) is 0.0526. The molecular formula is C19H10Cl4N2O3. The van der Waals surface area contributed by atoms with Crippen LogP contribution in [0.4, 0.5) is 0 Å². The Hall–Kier alpha value is -2.18. The molecule has 5 nitrogen and oxygen atoms in total. The van der Waals surface area contributed by atoms with Crippen LogP contribution in [0.25, 0.3) is 23.0 Å². The molecule has 2 heterocycles. The molecule has 0 unspecified atom stereocenters. The van der Waals surface area contributed by atoms with Crippen molar-refractivity contribution in [2.45, 2.75) is 6.61 Å². The average Bonchev–Trinajstić information content (AvgIpc) is 3.32. The predicted molar refractivity (Wildman–Crippen MR) is 108 cm³/mol. The van der Waals surface area contributed by atoms with E-state index in [9.17, 15) is 0 Å². The first-order valence-electron chi connectivity index (χ1n) is 7.96. The van der Waals surface area contributed by atoms with Crippen molar-refractivity contribution in [1.29, 1.82) is 0 Å². The summed E-state index contributed by atoms with van der Waals surface area (Å²) in [6, 6.07) is 13.6. The topological polar surface area (TPSA) is 61.3 Å². The summed E-state index contributed by atoms with van der Waals surface area (Å²) in [5, 5.41) is 5.64. The van der Waals surface area contributed by atoms with Crippen LogP contribution in [-0.2, 0) is 6.61 Å². The second kappa shape index (κ2) is 8.05. The van der Waals surface area contributed by atoms with E-state index in [2.05, 4.69) is 10.1 Å². The van der Waals surface area contributed by atoms with Gasteiger partial charge in [0.2, 0.25) is 5.82 Å². The normalized spacial score (nSPS) is 11.0. The van der Waals surface area contributed by atoms with Gasteiger partial charge in [0.25, 0.3) is 5.89 Å². The summed E-state index contributed by atoms with van der Waals surface area (Å²) < 4.78 is 16.6. The van der Waals surface area contributed by atoms with E-state index < -0.39 is 0 Å². The maximum absolute atomic E-state index is 6.18. The predicted octanol–water partition coefficient (Wildman–Crippen LogP) is 7.19. The van der Waals surface area contributed by atoms with Crippen LogP contribution in [0.15, 0.2) is 57.5 Å². The van der Waals surface area contributed by atoms with Gasteiger partial charge < -0.3 is 13.7 Å². The number of furan rings is 1. The number of benzene rings is 2. The Kier molecular flexibility index (Phi) is 5.51. The Labute approximate surface area is 179 Å². The number of hydrogen-bond acceptors (Lipinski definition) is 5. The van der Waals surface area contributed by atoms with Crippen LogP contribution in [-0.4, -0.2) is 10.1 Å². The number of halogens is 4. The molecule has 4 aromatic rings. The first-order valence-corrected chi connectivity index (χ1v) is 9.47. The largest absolute Gasteiger partial charge is 0.484 e. The van der Waals surface area contributed by atoms with Crippen molar-refractivity contribution in [2.75, 3.05) is 0 Å². The fourth-order valence-corrected chi connectivity index (χ4v) is 3.26. The summed E-state index contributed by atoms with van der Waals surface area (Å²) in [5.41, 5.74) is 0.603. The molecule has 0 N–H and O–H groups in total. The maximum atomic E-state index is 6.18. The summed E-state index contributed by atoms with van der Waals surface area (Å²) in [5.74, 6) is 1.96. The lowest BCUT2D eigenvalue weighted by Gasteiger charge is -2.06. The van der Waals surface area contributed by atoms with Gasteiger partial charge in [-0.3, -0.25) is 0 Å². The zero-order valence-electron chi connectivity index (χ0n) is 14.0. The average molecular weight is 456 g/mol. The summed E-state index contributed by atoms with van der Waals surface area (Å²) in [6.45, 7) is 0.157. The molecule has 0 aliphatic rings. The molecule has 2 aromatic carbocycles. The van der Waals surface area contributed by atoms with Crippen molar-refractivity contribution in [3.8, 4) is 28.8 Å². The molecule has 0 radical (unpaired) electrons. The third kappa shape index (κ3) is 3.98. The monoisotopic (exact) mass is 454 g/mol. The van der Waals surface area contributed by atoms with Crippen molar-refractivity contribution in [3.05, 3.63) is 74.4 Å². The van der Waals surface area contributed by atoms with Crippen molar-refractivity contribution in [2.24, 2.45) is 0 Å². The summed E-state index contributed by atoms with van der Waals surface area (Å²) in [6.07, 6.45) is 0. The minimum Gasteiger partial charge on any atom is -0.484 e. The highest BCUT2D eigenvalue weighted by Gasteiger charge is 2.16. The molecule has 0 aliphatic heterocycles. The quantitative estimate of drug-likeness (QED) is 0.318. The third-order valence-electron chi connectivity index (χ3n) is 3.76. The van der Waals surface area contributed by atoms with Gasteiger partial charge in [0.1, 0.15) is 23.1 Å². The number of rotatable bonds is 5. The van der Waals surface area contributed by atoms with E-state index in [1.54, 1.807) is 48.5 Å². The van der Waals surface area contributed by atoms with Crippen molar-refractivity contribution in [3.63, 3.8) is 0 Å². The molecule has 0 fully saturated rings. The van der Waals surface area contributed by atoms with Crippen LogP contribution in [0.5, 0.6) is 5.75 Å². The fourth-order valence-electron chi connectivity index (χ4n) is 2.42. The van der Waals surface area contributed by atoms with E-state index in [1.807, 2.05) is 0 Å². The Morgan fingerprint density at radius 1 is 0.929 bits per heavy atom. The Morgan fingerprint density at radius 3 is 2.61 bits per heavy atom. The third-order valence-corrected chi connectivity index (χ3v) is 5.11. The number of aromatic nitrogens is 2. The van der Waals surface area contributed by atoms with Crippen LogP contribution in [0.1, 0.15) is 5.76 Å². The van der Waals surface area contributed by atoms with E-state index in [0.29, 0.717) is 48.7 Å². The van der Waals surface area contributed by atoms with Crippen LogP contribution < -0.4 is 4.74 Å². The molecule has 0 saturated carbocycles. The number of ether oxygens (including phenoxy) is 1. The van der Waals surface area contributed by atoms with Gasteiger partial charge in [0, 0.05) is 10.6 Å². The summed E-state index contributed by atoms with van der Waals surface area (Å²) in [4.78, 5) is 4.32. The maximum Gasteiger partial charge on any atom is 0.293 e. The van der Waals surface area contributed by atoms with Crippen molar-refractivity contribution in [1.82, 2.24) is 10.1 Å². The molecule has 0 atom stereocenters. The van der Waals surface area contributed by atoms with Crippen LogP contribution in [0.2, 0.25) is 20.1 Å². The van der Waals surface area contributed by atoms with E-state index in [0.717, 1.165) is 0 Å². The zero-order valence-corrected chi connectivity index (χ0v) is 17.0. The highest BCUT2D eigenvalue weighted by Crippen LogP contribution is 2.33. The van der Waals surface area contributed by atoms with Crippen LogP contribution in [0, 0.1) is 0 Å². The molecule has 0 bridgehead atoms. The smallest absolute Gasteiger partial charge is 0.293 e. The molecule has 142 valence electrons. The minimum atomic E-state index is 0.157. The molecule has 9 heteroatoms. The van der Waals surface area contributed by atoms with E-state index in [1.165, 1.54) is 0 Å². The summed E-state index contributed by atoms with van der Waals surface area (Å²) >= 11 is 24.2. The molecule has 0 spiro atoms. The molecule has 4 rings (SSSR count). The number of hydrogen-bond donors (Lipinski definition) is 0. The van der Waals surface area contributed by atoms with Crippen molar-refractivity contribution < 1.29 is 13.7 Å². The second-order valence-corrected chi connectivity index (χ2v) is 7.28. The van der Waals surface area contributed by atoms with E-state index in [4.69, 9.17) is 60.1 Å². The Balaban J connectivity index is 1.50. The lowest BCUT2D eigenvalue weighted by Crippen LogP contribution is -1.94. The highest BCUT2D eigenvalue weighted by atomic mass is 35.5. The highest BCUT2D eigenvalue weighted by molar-refractivity contribution is 6.42. The molecular weight excluding hydrogens is 446 g/mol. The molecule has 0 aliphatic carbocycles. The van der Waals surface area contributed by atoms with Gasteiger partial charge in [-0.15, -0.1) is 0 Å². The van der Waals surface area contributed by atoms with E-state index >= 15 is 0 Å². The van der Waals surface area contributed by atoms with Gasteiger partial charge in [0.05, 0.1) is 10.0 Å². The van der Waals surface area contributed by atoms with Gasteiger partial charge >= 0.3 is 0 Å². The molecule has 0 amide bonds. The Bertz CT molecular complexity index is 1140. The van der Waals surface area contributed by atoms with Gasteiger partial charge in [-0.2, -0.15) is 4.98 Å². The SMILES string of the molecule is Clc1ccc(-c2noc(-c3ccc(COc4cccc(Cl)c4Cl)o3)n2)c(Cl)c1. The standard InChI is InChI=1S/C19H10Cl4N2O3/c20-10-4-6-12(14(22)8-10)18-24-19(28-25-18)16-7-5-11(27-16)9-26-15-3-1-2-13(21)17(15)23/h1-8H,9H2. The Morgan fingerprint density at radius 2 is 1.79 bits per heavy atom. The second-order valence-electron chi connectivity index (χ2n) is 5.65. The summed E-state index contributed by atoms with van der Waals surface area (Å²) in [7, 11) is 0. The minimum absolute atomic E-state index is 0.157. The van der Waals surface area contributed by atoms with Gasteiger partial charge in [-0.1, -0.05) is 57.6 Å². The first-order chi connectivity index (χ1) is 13.5. The number of nitrogens with zero attached hydrogens (tertiary/aromatic N) is 2. The lowest BCUT2D eigenvalue weighted by atomic mass is 10.2. The van der Waals surface area contributed by atoms with E-state index in [-0.39, 0.29) is 12.5 Å².